The first-order valence-electron chi connectivity index (χ1n) is 5.97. The second-order valence-corrected chi connectivity index (χ2v) is 4.63. The van der Waals surface area contributed by atoms with Crippen LogP contribution in [0.4, 0.5) is 0 Å². The van der Waals surface area contributed by atoms with Gasteiger partial charge in [0.1, 0.15) is 17.9 Å². The smallest absolute Gasteiger partial charge is 0.239 e. The number of hydrogen-bond donors (Lipinski definition) is 2. The van der Waals surface area contributed by atoms with E-state index in [1.807, 2.05) is 6.92 Å². The molecule has 0 spiro atoms. The fourth-order valence-corrected chi connectivity index (χ4v) is 1.63. The number of benzene rings is 1. The molecule has 2 atom stereocenters. The second kappa shape index (κ2) is 7.99. The maximum atomic E-state index is 11.6. The van der Waals surface area contributed by atoms with E-state index in [1.165, 1.54) is 7.11 Å². The van der Waals surface area contributed by atoms with Crippen LogP contribution in [0, 0.1) is 0 Å². The van der Waals surface area contributed by atoms with E-state index in [9.17, 15) is 4.79 Å². The molecule has 0 fully saturated rings. The predicted octanol–water partition coefficient (Wildman–Crippen LogP) is 1.20. The number of methoxy groups -OCH3 is 1. The van der Waals surface area contributed by atoms with Gasteiger partial charge in [-0.1, -0.05) is 17.7 Å². The van der Waals surface area contributed by atoms with Crippen molar-refractivity contribution in [1.82, 2.24) is 5.32 Å². The van der Waals surface area contributed by atoms with E-state index in [4.69, 9.17) is 26.8 Å². The van der Waals surface area contributed by atoms with Crippen LogP contribution >= 0.6 is 11.6 Å². The van der Waals surface area contributed by atoms with Crippen molar-refractivity contribution in [3.63, 3.8) is 0 Å². The van der Waals surface area contributed by atoms with Crippen LogP contribution in [-0.2, 0) is 9.53 Å². The molecular weight excluding hydrogens is 268 g/mol. The van der Waals surface area contributed by atoms with E-state index in [0.29, 0.717) is 17.3 Å². The van der Waals surface area contributed by atoms with Crippen LogP contribution in [0.5, 0.6) is 5.75 Å². The Morgan fingerprint density at radius 3 is 2.89 bits per heavy atom. The third-order valence-corrected chi connectivity index (χ3v) is 2.62. The maximum absolute atomic E-state index is 11.6. The van der Waals surface area contributed by atoms with Gasteiger partial charge in [-0.25, -0.2) is 0 Å². The molecule has 3 N–H and O–H groups in total. The van der Waals surface area contributed by atoms with Crippen molar-refractivity contribution < 1.29 is 14.3 Å². The Kier molecular flexibility index (Phi) is 6.62. The summed E-state index contributed by atoms with van der Waals surface area (Å²) >= 11 is 5.85. The Morgan fingerprint density at radius 2 is 2.26 bits per heavy atom. The Balaban J connectivity index is 2.35. The molecule has 106 valence electrons. The highest BCUT2D eigenvalue weighted by Crippen LogP contribution is 2.18. The molecule has 1 aromatic rings. The largest absolute Gasteiger partial charge is 0.489 e. The number of rotatable bonds is 7. The van der Waals surface area contributed by atoms with E-state index in [0.717, 1.165) is 0 Å². The van der Waals surface area contributed by atoms with Crippen molar-refractivity contribution in [2.24, 2.45) is 5.73 Å². The summed E-state index contributed by atoms with van der Waals surface area (Å²) in [5.41, 5.74) is 5.59. The minimum Gasteiger partial charge on any atom is -0.489 e. The molecule has 19 heavy (non-hydrogen) atoms. The van der Waals surface area contributed by atoms with Crippen molar-refractivity contribution in [1.29, 1.82) is 0 Å². The van der Waals surface area contributed by atoms with Crippen LogP contribution in [0.1, 0.15) is 6.92 Å². The lowest BCUT2D eigenvalue weighted by Crippen LogP contribution is -2.46. The molecule has 0 aliphatic heterocycles. The molecule has 0 saturated carbocycles. The molecule has 0 saturated heterocycles. The Labute approximate surface area is 118 Å². The number of ether oxygens (including phenoxy) is 2. The van der Waals surface area contributed by atoms with E-state index < -0.39 is 6.04 Å². The lowest BCUT2D eigenvalue weighted by atomic mass is 10.3. The lowest BCUT2D eigenvalue weighted by Gasteiger charge is -2.17. The summed E-state index contributed by atoms with van der Waals surface area (Å²) in [7, 11) is 1.50. The van der Waals surface area contributed by atoms with Crippen molar-refractivity contribution in [3.8, 4) is 5.75 Å². The van der Waals surface area contributed by atoms with Gasteiger partial charge in [0.2, 0.25) is 5.91 Å². The minimum absolute atomic E-state index is 0.183. The topological polar surface area (TPSA) is 73.6 Å². The van der Waals surface area contributed by atoms with Crippen molar-refractivity contribution in [3.05, 3.63) is 29.3 Å². The van der Waals surface area contributed by atoms with Gasteiger partial charge in [-0.2, -0.15) is 0 Å². The van der Waals surface area contributed by atoms with Crippen LogP contribution in [0.2, 0.25) is 5.02 Å². The zero-order chi connectivity index (χ0) is 14.3. The summed E-state index contributed by atoms with van der Waals surface area (Å²) in [6.07, 6.45) is -0.183. The monoisotopic (exact) mass is 286 g/mol. The van der Waals surface area contributed by atoms with Gasteiger partial charge in [-0.15, -0.1) is 0 Å². The summed E-state index contributed by atoms with van der Waals surface area (Å²) in [5, 5.41) is 3.31. The van der Waals surface area contributed by atoms with Gasteiger partial charge in [-0.05, 0) is 25.1 Å². The van der Waals surface area contributed by atoms with Crippen LogP contribution < -0.4 is 15.8 Å². The van der Waals surface area contributed by atoms with Gasteiger partial charge < -0.3 is 20.5 Å². The van der Waals surface area contributed by atoms with Crippen LogP contribution in [0.25, 0.3) is 0 Å². The van der Waals surface area contributed by atoms with E-state index in [-0.39, 0.29) is 18.6 Å². The van der Waals surface area contributed by atoms with E-state index in [1.54, 1.807) is 24.3 Å². The van der Waals surface area contributed by atoms with Gasteiger partial charge in [0, 0.05) is 12.1 Å². The number of amides is 1. The van der Waals surface area contributed by atoms with Crippen molar-refractivity contribution in [2.75, 3.05) is 20.3 Å². The first kappa shape index (κ1) is 15.8. The van der Waals surface area contributed by atoms with Crippen molar-refractivity contribution >= 4 is 17.5 Å². The zero-order valence-corrected chi connectivity index (χ0v) is 11.8. The summed E-state index contributed by atoms with van der Waals surface area (Å²) in [6.45, 7) is 2.40. The highest BCUT2D eigenvalue weighted by atomic mass is 35.5. The molecule has 2 unspecified atom stereocenters. The van der Waals surface area contributed by atoms with E-state index in [2.05, 4.69) is 5.32 Å². The van der Waals surface area contributed by atoms with Gasteiger partial charge in [0.25, 0.3) is 0 Å². The van der Waals surface area contributed by atoms with Crippen LogP contribution in [0.15, 0.2) is 24.3 Å². The third-order valence-electron chi connectivity index (χ3n) is 2.38. The first-order chi connectivity index (χ1) is 9.02. The molecular formula is C13H19ClN2O3. The standard InChI is InChI=1S/C13H19ClN2O3/c1-9(7-16-13(17)12(15)8-18-2)19-11-5-3-4-10(14)6-11/h3-6,9,12H,7-8,15H2,1-2H3,(H,16,17). The molecule has 0 bridgehead atoms. The molecule has 0 aliphatic carbocycles. The molecule has 0 aliphatic rings. The summed E-state index contributed by atoms with van der Waals surface area (Å²) in [4.78, 5) is 11.6. The Hall–Kier alpha value is -1.30. The highest BCUT2D eigenvalue weighted by Gasteiger charge is 2.14. The van der Waals surface area contributed by atoms with Crippen molar-refractivity contribution in [2.45, 2.75) is 19.1 Å². The van der Waals surface area contributed by atoms with Gasteiger partial charge in [0.15, 0.2) is 0 Å². The molecule has 1 amide bonds. The average molecular weight is 287 g/mol. The SMILES string of the molecule is COCC(N)C(=O)NCC(C)Oc1cccc(Cl)c1. The van der Waals surface area contributed by atoms with E-state index >= 15 is 0 Å². The maximum Gasteiger partial charge on any atom is 0.239 e. The lowest BCUT2D eigenvalue weighted by molar-refractivity contribution is -0.123. The normalized spacial score (nSPS) is 13.7. The summed E-state index contributed by atoms with van der Waals surface area (Å²) < 4.78 is 10.4. The Morgan fingerprint density at radius 1 is 1.53 bits per heavy atom. The summed E-state index contributed by atoms with van der Waals surface area (Å²) in [6, 6.07) is 6.43. The molecule has 0 radical (unpaired) electrons. The molecule has 6 heteroatoms. The molecule has 1 aromatic carbocycles. The number of nitrogens with two attached hydrogens (primary N) is 1. The average Bonchev–Trinajstić information content (AvgIpc) is 2.36. The predicted molar refractivity (Wildman–Crippen MR) is 74.4 cm³/mol. The number of nitrogens with one attached hydrogen (secondary N) is 1. The number of hydrogen-bond acceptors (Lipinski definition) is 4. The second-order valence-electron chi connectivity index (χ2n) is 4.19. The van der Waals surface area contributed by atoms with Gasteiger partial charge in [-0.3, -0.25) is 4.79 Å². The summed E-state index contributed by atoms with van der Waals surface area (Å²) in [5.74, 6) is 0.402. The minimum atomic E-state index is -0.664. The highest BCUT2D eigenvalue weighted by molar-refractivity contribution is 6.30. The molecule has 5 nitrogen and oxygen atoms in total. The zero-order valence-electron chi connectivity index (χ0n) is 11.1. The van der Waals surface area contributed by atoms with Gasteiger partial charge >= 0.3 is 0 Å². The number of carbonyl (C=O) groups is 1. The molecule has 0 aromatic heterocycles. The molecule has 0 heterocycles. The fourth-order valence-electron chi connectivity index (χ4n) is 1.44. The van der Waals surface area contributed by atoms with Crippen LogP contribution in [-0.4, -0.2) is 38.3 Å². The number of carbonyl (C=O) groups excluding carboxylic acids is 1. The van der Waals surface area contributed by atoms with Gasteiger partial charge in [0.05, 0.1) is 13.2 Å². The fraction of sp³-hybridized carbons (Fsp3) is 0.462. The molecule has 1 rings (SSSR count). The van der Waals surface area contributed by atoms with Crippen LogP contribution in [0.3, 0.4) is 0 Å². The Bertz CT molecular complexity index is 415. The number of halogens is 1. The third kappa shape index (κ3) is 5.92. The quantitative estimate of drug-likeness (QED) is 0.790. The first-order valence-corrected chi connectivity index (χ1v) is 6.35.